The van der Waals surface area contributed by atoms with Gasteiger partial charge in [-0.2, -0.15) is 0 Å². The van der Waals surface area contributed by atoms with Gasteiger partial charge >= 0.3 is 5.97 Å². The average molecular weight is 367 g/mol. The van der Waals surface area contributed by atoms with Crippen LogP contribution in [0.3, 0.4) is 0 Å². The highest BCUT2D eigenvalue weighted by atomic mass is 16.6. The standard InChI is InChI=1S/C24H46O2/c1-5-6-7-8-9-12-16-21-18-15-19-22(21)17-13-10-11-14-20-23(25)26-24(2,3)4/h21-22H,5-20H2,1-4H3/t21-,22-/m0/s1. The van der Waals surface area contributed by atoms with Gasteiger partial charge in [-0.3, -0.25) is 4.79 Å². The Bertz CT molecular complexity index is 356. The highest BCUT2D eigenvalue weighted by molar-refractivity contribution is 5.69. The third-order valence-corrected chi connectivity index (χ3v) is 5.87. The average Bonchev–Trinajstić information content (AvgIpc) is 2.99. The second kappa shape index (κ2) is 13.6. The van der Waals surface area contributed by atoms with Crippen molar-refractivity contribution in [1.29, 1.82) is 0 Å². The van der Waals surface area contributed by atoms with Crippen LogP contribution in [0, 0.1) is 11.8 Å². The van der Waals surface area contributed by atoms with Gasteiger partial charge in [-0.1, -0.05) is 96.8 Å². The molecule has 0 heterocycles. The predicted molar refractivity (Wildman–Crippen MR) is 112 cm³/mol. The molecular formula is C24H46O2. The van der Waals surface area contributed by atoms with Crippen molar-refractivity contribution in [2.24, 2.45) is 11.8 Å². The Hall–Kier alpha value is -0.530. The minimum atomic E-state index is -0.343. The van der Waals surface area contributed by atoms with Crippen LogP contribution in [0.4, 0.5) is 0 Å². The minimum absolute atomic E-state index is 0.0349. The Morgan fingerprint density at radius 1 is 0.808 bits per heavy atom. The van der Waals surface area contributed by atoms with E-state index in [0.717, 1.165) is 18.3 Å². The van der Waals surface area contributed by atoms with Crippen LogP contribution in [0.5, 0.6) is 0 Å². The van der Waals surface area contributed by atoms with Gasteiger partial charge in [-0.25, -0.2) is 0 Å². The van der Waals surface area contributed by atoms with Crippen molar-refractivity contribution < 1.29 is 9.53 Å². The molecule has 0 aromatic heterocycles. The van der Waals surface area contributed by atoms with Gasteiger partial charge in [0.05, 0.1) is 0 Å². The number of hydrogen-bond donors (Lipinski definition) is 0. The normalized spacial score (nSPS) is 20.5. The van der Waals surface area contributed by atoms with E-state index in [9.17, 15) is 4.79 Å². The highest BCUT2D eigenvalue weighted by Gasteiger charge is 2.26. The van der Waals surface area contributed by atoms with Gasteiger partial charge in [0.2, 0.25) is 0 Å². The Morgan fingerprint density at radius 2 is 1.31 bits per heavy atom. The fourth-order valence-corrected chi connectivity index (χ4v) is 4.48. The number of ether oxygens (including phenoxy) is 1. The SMILES string of the molecule is CCCCCCCC[C@H]1CCC[C@@H]1CCCCCCC(=O)OC(C)(C)C. The lowest BCUT2D eigenvalue weighted by Gasteiger charge is -2.20. The zero-order chi connectivity index (χ0) is 19.3. The summed E-state index contributed by atoms with van der Waals surface area (Å²) in [6.45, 7) is 8.11. The molecule has 2 heteroatoms. The largest absolute Gasteiger partial charge is 0.460 e. The molecule has 154 valence electrons. The maximum atomic E-state index is 11.7. The van der Waals surface area contributed by atoms with Crippen molar-refractivity contribution in [2.75, 3.05) is 0 Å². The molecule has 0 amide bonds. The molecule has 1 fully saturated rings. The lowest BCUT2D eigenvalue weighted by atomic mass is 9.86. The molecule has 0 aromatic carbocycles. The van der Waals surface area contributed by atoms with Gasteiger partial charge in [-0.05, 0) is 39.0 Å². The monoisotopic (exact) mass is 366 g/mol. The van der Waals surface area contributed by atoms with Crippen LogP contribution in [0.15, 0.2) is 0 Å². The first-order valence-electron chi connectivity index (χ1n) is 11.6. The van der Waals surface area contributed by atoms with E-state index in [4.69, 9.17) is 4.74 Å². The van der Waals surface area contributed by atoms with Gasteiger partial charge in [0, 0.05) is 6.42 Å². The van der Waals surface area contributed by atoms with Crippen molar-refractivity contribution in [3.05, 3.63) is 0 Å². The summed E-state index contributed by atoms with van der Waals surface area (Å²) in [5, 5.41) is 0. The van der Waals surface area contributed by atoms with Gasteiger partial charge in [0.15, 0.2) is 0 Å². The Kier molecular flexibility index (Phi) is 12.3. The smallest absolute Gasteiger partial charge is 0.306 e. The van der Waals surface area contributed by atoms with E-state index in [1.165, 1.54) is 89.9 Å². The van der Waals surface area contributed by atoms with Crippen molar-refractivity contribution in [2.45, 2.75) is 136 Å². The number of unbranched alkanes of at least 4 members (excludes halogenated alkanes) is 8. The molecule has 1 aliphatic carbocycles. The van der Waals surface area contributed by atoms with Crippen molar-refractivity contribution in [1.82, 2.24) is 0 Å². The summed E-state index contributed by atoms with van der Waals surface area (Å²) in [5.74, 6) is 1.98. The highest BCUT2D eigenvalue weighted by Crippen LogP contribution is 2.38. The molecule has 0 bridgehead atoms. The molecular weight excluding hydrogens is 320 g/mol. The van der Waals surface area contributed by atoms with Crippen molar-refractivity contribution in [3.8, 4) is 0 Å². The lowest BCUT2D eigenvalue weighted by Crippen LogP contribution is -2.23. The van der Waals surface area contributed by atoms with Gasteiger partial charge < -0.3 is 4.74 Å². The molecule has 0 unspecified atom stereocenters. The first-order valence-corrected chi connectivity index (χ1v) is 11.6. The van der Waals surface area contributed by atoms with Crippen LogP contribution < -0.4 is 0 Å². The fraction of sp³-hybridized carbons (Fsp3) is 0.958. The molecule has 2 nitrogen and oxygen atoms in total. The van der Waals surface area contributed by atoms with Gasteiger partial charge in [0.1, 0.15) is 5.60 Å². The summed E-state index contributed by atoms with van der Waals surface area (Å²) in [5.41, 5.74) is -0.343. The second-order valence-corrected chi connectivity index (χ2v) is 9.55. The molecule has 0 aliphatic heterocycles. The molecule has 26 heavy (non-hydrogen) atoms. The Labute approximate surface area is 163 Å². The van der Waals surface area contributed by atoms with E-state index in [-0.39, 0.29) is 11.6 Å². The van der Waals surface area contributed by atoms with E-state index in [1.54, 1.807) is 0 Å². The van der Waals surface area contributed by atoms with E-state index < -0.39 is 0 Å². The van der Waals surface area contributed by atoms with Crippen LogP contribution in [0.2, 0.25) is 0 Å². The quantitative estimate of drug-likeness (QED) is 0.231. The molecule has 1 aliphatic rings. The summed E-state index contributed by atoms with van der Waals surface area (Å²) in [4.78, 5) is 11.7. The molecule has 1 rings (SSSR count). The van der Waals surface area contributed by atoms with E-state index in [0.29, 0.717) is 6.42 Å². The van der Waals surface area contributed by atoms with Crippen LogP contribution in [-0.2, 0) is 9.53 Å². The van der Waals surface area contributed by atoms with Crippen molar-refractivity contribution in [3.63, 3.8) is 0 Å². The Morgan fingerprint density at radius 3 is 1.85 bits per heavy atom. The third-order valence-electron chi connectivity index (χ3n) is 5.87. The number of esters is 1. The first kappa shape index (κ1) is 23.5. The topological polar surface area (TPSA) is 26.3 Å². The molecule has 0 radical (unpaired) electrons. The summed E-state index contributed by atoms with van der Waals surface area (Å²) in [7, 11) is 0. The maximum Gasteiger partial charge on any atom is 0.306 e. The molecule has 1 saturated carbocycles. The van der Waals surface area contributed by atoms with Crippen LogP contribution in [-0.4, -0.2) is 11.6 Å². The van der Waals surface area contributed by atoms with Crippen LogP contribution in [0.1, 0.15) is 130 Å². The third kappa shape index (κ3) is 12.0. The summed E-state index contributed by atoms with van der Waals surface area (Å²) in [6, 6.07) is 0. The number of hydrogen-bond acceptors (Lipinski definition) is 2. The zero-order valence-corrected chi connectivity index (χ0v) is 18.3. The van der Waals surface area contributed by atoms with Crippen molar-refractivity contribution >= 4 is 5.97 Å². The summed E-state index contributed by atoms with van der Waals surface area (Å²) in [6.07, 6.45) is 21.3. The number of rotatable bonds is 14. The zero-order valence-electron chi connectivity index (χ0n) is 18.3. The lowest BCUT2D eigenvalue weighted by molar-refractivity contribution is -0.154. The van der Waals surface area contributed by atoms with E-state index >= 15 is 0 Å². The van der Waals surface area contributed by atoms with Gasteiger partial charge in [-0.15, -0.1) is 0 Å². The fourth-order valence-electron chi connectivity index (χ4n) is 4.48. The minimum Gasteiger partial charge on any atom is -0.460 e. The summed E-state index contributed by atoms with van der Waals surface area (Å²) < 4.78 is 5.37. The van der Waals surface area contributed by atoms with Gasteiger partial charge in [0.25, 0.3) is 0 Å². The number of carbonyl (C=O) groups excluding carboxylic acids is 1. The molecule has 0 N–H and O–H groups in total. The molecule has 0 spiro atoms. The van der Waals surface area contributed by atoms with E-state index in [1.807, 2.05) is 20.8 Å². The molecule has 2 atom stereocenters. The second-order valence-electron chi connectivity index (χ2n) is 9.55. The van der Waals surface area contributed by atoms with Crippen LogP contribution in [0.25, 0.3) is 0 Å². The maximum absolute atomic E-state index is 11.7. The first-order chi connectivity index (χ1) is 12.4. The summed E-state index contributed by atoms with van der Waals surface area (Å²) >= 11 is 0. The van der Waals surface area contributed by atoms with Crippen LogP contribution >= 0.6 is 0 Å². The number of carbonyl (C=O) groups is 1. The molecule has 0 aromatic rings. The van der Waals surface area contributed by atoms with E-state index in [2.05, 4.69) is 6.92 Å². The molecule has 0 saturated heterocycles. The predicted octanol–water partition coefficient (Wildman–Crippen LogP) is 7.84. The Balaban J connectivity index is 2.01.